The number of aromatic nitrogens is 2. The maximum Gasteiger partial charge on any atom is 0.433 e. The molecule has 1 amide bonds. The molecule has 3 rings (SSSR count). The molecule has 4 nitrogen and oxygen atoms in total. The third-order valence-electron chi connectivity index (χ3n) is 5.11. The Bertz CT molecular complexity index is 649. The molecule has 7 heteroatoms. The second kappa shape index (κ2) is 4.74. The van der Waals surface area contributed by atoms with Crippen molar-refractivity contribution in [3.8, 4) is 0 Å². The largest absolute Gasteiger partial charge is 0.433 e. The fraction of sp³-hybridized carbons (Fsp3) is 0.750. The summed E-state index contributed by atoms with van der Waals surface area (Å²) in [5.74, 6) is -0.545. The molecule has 1 aromatic heterocycles. The fourth-order valence-corrected chi connectivity index (χ4v) is 4.78. The van der Waals surface area contributed by atoms with E-state index >= 15 is 0 Å². The summed E-state index contributed by atoms with van der Waals surface area (Å²) in [6, 6.07) is 0.0116. The van der Waals surface area contributed by atoms with E-state index in [1.54, 1.807) is 4.90 Å². The zero-order valence-electron chi connectivity index (χ0n) is 13.9. The second-order valence-corrected chi connectivity index (χ2v) is 8.17. The van der Waals surface area contributed by atoms with Gasteiger partial charge >= 0.3 is 6.18 Å². The predicted octanol–water partition coefficient (Wildman–Crippen LogP) is 3.48. The minimum absolute atomic E-state index is 0.0112. The number of amides is 1. The monoisotopic (exact) mass is 329 g/mol. The first kappa shape index (κ1) is 16.3. The van der Waals surface area contributed by atoms with Crippen molar-refractivity contribution in [3.05, 3.63) is 17.5 Å². The van der Waals surface area contributed by atoms with Crippen LogP contribution in [-0.2, 0) is 13.2 Å². The Morgan fingerprint density at radius 3 is 2.57 bits per heavy atom. The van der Waals surface area contributed by atoms with Crippen LogP contribution < -0.4 is 0 Å². The predicted molar refractivity (Wildman–Crippen MR) is 78.8 cm³/mol. The van der Waals surface area contributed by atoms with E-state index < -0.39 is 17.8 Å². The van der Waals surface area contributed by atoms with Crippen molar-refractivity contribution in [2.24, 2.45) is 17.9 Å². The first-order chi connectivity index (χ1) is 10.4. The second-order valence-electron chi connectivity index (χ2n) is 8.17. The number of carbonyl (C=O) groups excluding carboxylic acids is 1. The molecule has 2 bridgehead atoms. The molecule has 0 N–H and O–H groups in total. The lowest BCUT2D eigenvalue weighted by molar-refractivity contribution is -0.144. The lowest BCUT2D eigenvalue weighted by atomic mass is 9.65. The Kier molecular flexibility index (Phi) is 3.36. The summed E-state index contributed by atoms with van der Waals surface area (Å²) in [5, 5.41) is 3.66. The number of halogens is 3. The lowest BCUT2D eigenvalue weighted by Crippen LogP contribution is -2.38. The molecular weight excluding hydrogens is 307 g/mol. The number of aryl methyl sites for hydroxylation is 1. The summed E-state index contributed by atoms with van der Waals surface area (Å²) in [5.41, 5.74) is -1.21. The molecule has 1 saturated carbocycles. The molecule has 2 fully saturated rings. The summed E-state index contributed by atoms with van der Waals surface area (Å²) < 4.78 is 40.4. The van der Waals surface area contributed by atoms with E-state index in [0.29, 0.717) is 6.54 Å². The Hall–Kier alpha value is -1.53. The SMILES string of the molecule is Cn1ncc(C(=O)N2CC3(C)CC2CC(C)(C)C3)c1C(F)(F)F. The number of fused-ring (bicyclic) bond motifs is 2. The van der Waals surface area contributed by atoms with Crippen molar-refractivity contribution in [3.63, 3.8) is 0 Å². The summed E-state index contributed by atoms with van der Waals surface area (Å²) in [6.45, 7) is 6.97. The molecule has 1 aromatic rings. The van der Waals surface area contributed by atoms with Crippen molar-refractivity contribution in [2.45, 2.75) is 52.3 Å². The number of hydrogen-bond donors (Lipinski definition) is 0. The Balaban J connectivity index is 1.94. The van der Waals surface area contributed by atoms with E-state index in [-0.39, 0.29) is 22.4 Å². The number of alkyl halides is 3. The van der Waals surface area contributed by atoms with Crippen LogP contribution in [0.5, 0.6) is 0 Å². The number of rotatable bonds is 1. The average Bonchev–Trinajstić information content (AvgIpc) is 2.84. The molecule has 128 valence electrons. The molecule has 1 aliphatic carbocycles. The van der Waals surface area contributed by atoms with Gasteiger partial charge in [-0.1, -0.05) is 20.8 Å². The van der Waals surface area contributed by atoms with Gasteiger partial charge in [-0.25, -0.2) is 0 Å². The van der Waals surface area contributed by atoms with Gasteiger partial charge in [-0.3, -0.25) is 9.48 Å². The van der Waals surface area contributed by atoms with E-state index in [2.05, 4.69) is 25.9 Å². The van der Waals surface area contributed by atoms with Gasteiger partial charge in [0.1, 0.15) is 0 Å². The minimum atomic E-state index is -4.59. The molecular formula is C16H22F3N3O. The van der Waals surface area contributed by atoms with Crippen molar-refractivity contribution in [2.75, 3.05) is 6.54 Å². The smallest absolute Gasteiger partial charge is 0.335 e. The fourth-order valence-electron chi connectivity index (χ4n) is 4.78. The molecule has 2 heterocycles. The molecule has 2 unspecified atom stereocenters. The number of likely N-dealkylation sites (tertiary alicyclic amines) is 1. The molecule has 0 spiro atoms. The van der Waals surface area contributed by atoms with Gasteiger partial charge in [0.15, 0.2) is 5.69 Å². The van der Waals surface area contributed by atoms with E-state index in [4.69, 9.17) is 0 Å². The Morgan fingerprint density at radius 2 is 1.96 bits per heavy atom. The van der Waals surface area contributed by atoms with Gasteiger partial charge in [-0.2, -0.15) is 18.3 Å². The molecule has 0 radical (unpaired) electrons. The standard InChI is InChI=1S/C16H22F3N3O/c1-14(2)5-10-6-15(3,8-14)9-22(10)13(23)11-7-20-21(4)12(11)16(17,18)19/h7,10H,5-6,8-9H2,1-4H3. The van der Waals surface area contributed by atoms with Crippen molar-refractivity contribution < 1.29 is 18.0 Å². The topological polar surface area (TPSA) is 38.1 Å². The van der Waals surface area contributed by atoms with Gasteiger partial charge in [-0.05, 0) is 30.1 Å². The van der Waals surface area contributed by atoms with Crippen LogP contribution in [0.1, 0.15) is 56.1 Å². The highest BCUT2D eigenvalue weighted by molar-refractivity contribution is 5.95. The first-order valence-corrected chi connectivity index (χ1v) is 7.82. The highest BCUT2D eigenvalue weighted by Crippen LogP contribution is 2.52. The van der Waals surface area contributed by atoms with Gasteiger partial charge in [0.2, 0.25) is 0 Å². The first-order valence-electron chi connectivity index (χ1n) is 7.82. The Morgan fingerprint density at radius 1 is 1.30 bits per heavy atom. The highest BCUT2D eigenvalue weighted by Gasteiger charge is 2.52. The molecule has 2 aliphatic rings. The molecule has 1 saturated heterocycles. The minimum Gasteiger partial charge on any atom is -0.335 e. The van der Waals surface area contributed by atoms with Crippen molar-refractivity contribution in [1.82, 2.24) is 14.7 Å². The van der Waals surface area contributed by atoms with E-state index in [1.807, 2.05) is 0 Å². The third kappa shape index (κ3) is 2.74. The van der Waals surface area contributed by atoms with Gasteiger partial charge < -0.3 is 4.90 Å². The van der Waals surface area contributed by atoms with Crippen LogP contribution >= 0.6 is 0 Å². The van der Waals surface area contributed by atoms with E-state index in [1.165, 1.54) is 7.05 Å². The van der Waals surface area contributed by atoms with Crippen LogP contribution in [0, 0.1) is 10.8 Å². The molecule has 23 heavy (non-hydrogen) atoms. The molecule has 2 atom stereocenters. The summed E-state index contributed by atoms with van der Waals surface area (Å²) in [7, 11) is 1.21. The average molecular weight is 329 g/mol. The molecule has 1 aliphatic heterocycles. The number of nitrogens with zero attached hydrogens (tertiary/aromatic N) is 3. The number of carbonyl (C=O) groups is 1. The van der Waals surface area contributed by atoms with Crippen LogP contribution in [-0.4, -0.2) is 33.2 Å². The van der Waals surface area contributed by atoms with Gasteiger partial charge in [0, 0.05) is 19.6 Å². The van der Waals surface area contributed by atoms with Crippen LogP contribution in [0.3, 0.4) is 0 Å². The zero-order valence-corrected chi connectivity index (χ0v) is 13.9. The van der Waals surface area contributed by atoms with Crippen LogP contribution in [0.4, 0.5) is 13.2 Å². The van der Waals surface area contributed by atoms with E-state index in [0.717, 1.165) is 30.1 Å². The normalized spacial score (nSPS) is 29.9. The highest BCUT2D eigenvalue weighted by atomic mass is 19.4. The summed E-state index contributed by atoms with van der Waals surface area (Å²) in [6.07, 6.45) is -0.867. The zero-order chi connectivity index (χ0) is 17.2. The van der Waals surface area contributed by atoms with Crippen LogP contribution in [0.25, 0.3) is 0 Å². The van der Waals surface area contributed by atoms with Crippen molar-refractivity contribution >= 4 is 5.91 Å². The van der Waals surface area contributed by atoms with E-state index in [9.17, 15) is 18.0 Å². The van der Waals surface area contributed by atoms with Gasteiger partial charge in [-0.15, -0.1) is 0 Å². The van der Waals surface area contributed by atoms with Gasteiger partial charge in [0.25, 0.3) is 5.91 Å². The van der Waals surface area contributed by atoms with Crippen molar-refractivity contribution in [1.29, 1.82) is 0 Å². The maximum absolute atomic E-state index is 13.2. The summed E-state index contributed by atoms with van der Waals surface area (Å²) in [4.78, 5) is 14.4. The van der Waals surface area contributed by atoms with Crippen LogP contribution in [0.2, 0.25) is 0 Å². The molecule has 0 aromatic carbocycles. The van der Waals surface area contributed by atoms with Crippen LogP contribution in [0.15, 0.2) is 6.20 Å². The summed E-state index contributed by atoms with van der Waals surface area (Å²) >= 11 is 0. The maximum atomic E-state index is 13.2. The van der Waals surface area contributed by atoms with Gasteiger partial charge in [0.05, 0.1) is 11.8 Å². The third-order valence-corrected chi connectivity index (χ3v) is 5.11. The lowest BCUT2D eigenvalue weighted by Gasteiger charge is -2.39. The Labute approximate surface area is 133 Å². The number of hydrogen-bond acceptors (Lipinski definition) is 2. The quantitative estimate of drug-likeness (QED) is 0.791.